The zero-order valence-electron chi connectivity index (χ0n) is 9.72. The highest BCUT2D eigenvalue weighted by Crippen LogP contribution is 2.22. The Morgan fingerprint density at radius 3 is 2.81 bits per heavy atom. The van der Waals surface area contributed by atoms with Crippen molar-refractivity contribution in [3.63, 3.8) is 0 Å². The lowest BCUT2D eigenvalue weighted by Gasteiger charge is -2.22. The van der Waals surface area contributed by atoms with Crippen molar-refractivity contribution in [1.29, 1.82) is 0 Å². The highest BCUT2D eigenvalue weighted by Gasteiger charge is 2.35. The van der Waals surface area contributed by atoms with Crippen molar-refractivity contribution in [2.45, 2.75) is 18.6 Å². The number of hydrogen-bond donors (Lipinski definition) is 1. The Bertz CT molecular complexity index is 328. The standard InChI is InChI=1S/C13H19NO2/c1-16-11-13(15)7-8-14(10-13)9-12-5-3-2-4-6-12/h2-6,15H,7-11H2,1H3. The van der Waals surface area contributed by atoms with Gasteiger partial charge in [0.25, 0.3) is 0 Å². The van der Waals surface area contributed by atoms with Crippen LogP contribution in [0.2, 0.25) is 0 Å². The van der Waals surface area contributed by atoms with E-state index in [0.717, 1.165) is 19.5 Å². The molecule has 1 aliphatic heterocycles. The van der Waals surface area contributed by atoms with Crippen molar-refractivity contribution in [3.8, 4) is 0 Å². The zero-order valence-corrected chi connectivity index (χ0v) is 9.72. The molecule has 1 aromatic carbocycles. The summed E-state index contributed by atoms with van der Waals surface area (Å²) in [5.74, 6) is 0. The predicted octanol–water partition coefficient (Wildman–Crippen LogP) is 1.27. The number of β-amino-alcohol motifs (C(OH)–C–C–N with tert-alkyl or cyclic N) is 1. The van der Waals surface area contributed by atoms with Gasteiger partial charge >= 0.3 is 0 Å². The molecule has 1 heterocycles. The topological polar surface area (TPSA) is 32.7 Å². The van der Waals surface area contributed by atoms with Crippen molar-refractivity contribution < 1.29 is 9.84 Å². The molecule has 1 N–H and O–H groups in total. The van der Waals surface area contributed by atoms with Gasteiger partial charge in [0.1, 0.15) is 5.60 Å². The van der Waals surface area contributed by atoms with Gasteiger partial charge in [0.2, 0.25) is 0 Å². The normalized spacial score (nSPS) is 26.1. The molecule has 3 heteroatoms. The minimum absolute atomic E-state index is 0.429. The Kier molecular flexibility index (Phi) is 3.59. The average molecular weight is 221 g/mol. The quantitative estimate of drug-likeness (QED) is 0.831. The van der Waals surface area contributed by atoms with E-state index in [0.29, 0.717) is 13.2 Å². The molecule has 2 rings (SSSR count). The highest BCUT2D eigenvalue weighted by molar-refractivity contribution is 5.14. The van der Waals surface area contributed by atoms with Crippen molar-refractivity contribution in [2.75, 3.05) is 26.8 Å². The number of benzene rings is 1. The summed E-state index contributed by atoms with van der Waals surface area (Å²) in [7, 11) is 1.64. The number of hydrogen-bond acceptors (Lipinski definition) is 3. The third kappa shape index (κ3) is 2.82. The van der Waals surface area contributed by atoms with Gasteiger partial charge in [-0.15, -0.1) is 0 Å². The first-order valence-corrected chi connectivity index (χ1v) is 5.69. The number of aliphatic hydroxyl groups is 1. The second-order valence-corrected chi connectivity index (χ2v) is 4.60. The van der Waals surface area contributed by atoms with Crippen LogP contribution < -0.4 is 0 Å². The van der Waals surface area contributed by atoms with Crippen molar-refractivity contribution in [1.82, 2.24) is 4.90 Å². The molecule has 16 heavy (non-hydrogen) atoms. The van der Waals surface area contributed by atoms with Crippen LogP contribution in [0.4, 0.5) is 0 Å². The molecule has 1 aromatic rings. The molecule has 0 aromatic heterocycles. The maximum atomic E-state index is 10.2. The Hall–Kier alpha value is -0.900. The summed E-state index contributed by atoms with van der Waals surface area (Å²) >= 11 is 0. The first-order valence-electron chi connectivity index (χ1n) is 5.69. The van der Waals surface area contributed by atoms with E-state index in [-0.39, 0.29) is 0 Å². The second kappa shape index (κ2) is 4.95. The number of methoxy groups -OCH3 is 1. The number of rotatable bonds is 4. The summed E-state index contributed by atoms with van der Waals surface area (Å²) in [6.07, 6.45) is 0.799. The molecule has 1 unspecified atom stereocenters. The lowest BCUT2D eigenvalue weighted by Crippen LogP contribution is -2.37. The SMILES string of the molecule is COCC1(O)CCN(Cc2ccccc2)C1. The maximum Gasteiger partial charge on any atom is 0.102 e. The minimum atomic E-state index is -0.649. The van der Waals surface area contributed by atoms with Crippen LogP contribution >= 0.6 is 0 Å². The molecule has 0 spiro atoms. The van der Waals surface area contributed by atoms with E-state index in [4.69, 9.17) is 4.74 Å². The van der Waals surface area contributed by atoms with Crippen LogP contribution in [0, 0.1) is 0 Å². The highest BCUT2D eigenvalue weighted by atomic mass is 16.5. The lowest BCUT2D eigenvalue weighted by molar-refractivity contribution is -0.0230. The van der Waals surface area contributed by atoms with Crippen LogP contribution in [-0.2, 0) is 11.3 Å². The second-order valence-electron chi connectivity index (χ2n) is 4.60. The Morgan fingerprint density at radius 2 is 2.12 bits per heavy atom. The third-order valence-electron chi connectivity index (χ3n) is 3.07. The van der Waals surface area contributed by atoms with Gasteiger partial charge in [-0.3, -0.25) is 4.90 Å². The Morgan fingerprint density at radius 1 is 1.38 bits per heavy atom. The van der Waals surface area contributed by atoms with Gasteiger partial charge in [0.05, 0.1) is 6.61 Å². The van der Waals surface area contributed by atoms with Gasteiger partial charge in [-0.25, -0.2) is 0 Å². The summed E-state index contributed by atoms with van der Waals surface area (Å²) in [5.41, 5.74) is 0.646. The summed E-state index contributed by atoms with van der Waals surface area (Å²) in [4.78, 5) is 2.27. The molecule has 0 aliphatic carbocycles. The van der Waals surface area contributed by atoms with Crippen molar-refractivity contribution in [3.05, 3.63) is 35.9 Å². The fraction of sp³-hybridized carbons (Fsp3) is 0.538. The van der Waals surface area contributed by atoms with Crippen LogP contribution in [0.15, 0.2) is 30.3 Å². The van der Waals surface area contributed by atoms with E-state index in [9.17, 15) is 5.11 Å². The largest absolute Gasteiger partial charge is 0.386 e. The fourth-order valence-corrected chi connectivity index (χ4v) is 2.30. The number of nitrogens with zero attached hydrogens (tertiary/aromatic N) is 1. The van der Waals surface area contributed by atoms with E-state index in [2.05, 4.69) is 17.0 Å². The molecule has 0 bridgehead atoms. The molecule has 0 saturated carbocycles. The van der Waals surface area contributed by atoms with Gasteiger partial charge in [-0.2, -0.15) is 0 Å². The van der Waals surface area contributed by atoms with Gasteiger partial charge in [0.15, 0.2) is 0 Å². The molecule has 3 nitrogen and oxygen atoms in total. The Balaban J connectivity index is 1.90. The van der Waals surface area contributed by atoms with Gasteiger partial charge < -0.3 is 9.84 Å². The van der Waals surface area contributed by atoms with Crippen molar-refractivity contribution in [2.24, 2.45) is 0 Å². The van der Waals surface area contributed by atoms with Crippen LogP contribution in [0.1, 0.15) is 12.0 Å². The van der Waals surface area contributed by atoms with E-state index >= 15 is 0 Å². The summed E-state index contributed by atoms with van der Waals surface area (Å²) in [6.45, 7) is 2.98. The molecular weight excluding hydrogens is 202 g/mol. The van der Waals surface area contributed by atoms with Gasteiger partial charge in [-0.1, -0.05) is 30.3 Å². The molecule has 0 radical (unpaired) electrons. The molecule has 1 fully saturated rings. The number of ether oxygens (including phenoxy) is 1. The van der Waals surface area contributed by atoms with Gasteiger partial charge in [-0.05, 0) is 12.0 Å². The van der Waals surface area contributed by atoms with E-state index in [1.807, 2.05) is 18.2 Å². The summed E-state index contributed by atoms with van der Waals surface area (Å²) in [5, 5.41) is 10.2. The average Bonchev–Trinajstić information content (AvgIpc) is 2.62. The van der Waals surface area contributed by atoms with E-state index in [1.165, 1.54) is 5.56 Å². The first-order chi connectivity index (χ1) is 7.72. The van der Waals surface area contributed by atoms with Crippen LogP contribution in [0.3, 0.4) is 0 Å². The van der Waals surface area contributed by atoms with Gasteiger partial charge in [0, 0.05) is 26.7 Å². The summed E-state index contributed by atoms with van der Waals surface area (Å²) in [6, 6.07) is 10.4. The minimum Gasteiger partial charge on any atom is -0.386 e. The number of likely N-dealkylation sites (tertiary alicyclic amines) is 1. The molecule has 88 valence electrons. The van der Waals surface area contributed by atoms with E-state index in [1.54, 1.807) is 7.11 Å². The zero-order chi connectivity index (χ0) is 11.4. The molecular formula is C13H19NO2. The van der Waals surface area contributed by atoms with Crippen LogP contribution in [0.5, 0.6) is 0 Å². The smallest absolute Gasteiger partial charge is 0.102 e. The first kappa shape index (κ1) is 11.6. The Labute approximate surface area is 96.6 Å². The van der Waals surface area contributed by atoms with Crippen LogP contribution in [-0.4, -0.2) is 42.4 Å². The third-order valence-corrected chi connectivity index (χ3v) is 3.07. The molecule has 1 atom stereocenters. The maximum absolute atomic E-state index is 10.2. The predicted molar refractivity (Wildman–Crippen MR) is 63.2 cm³/mol. The van der Waals surface area contributed by atoms with E-state index < -0.39 is 5.60 Å². The molecule has 1 aliphatic rings. The van der Waals surface area contributed by atoms with Crippen LogP contribution in [0.25, 0.3) is 0 Å². The lowest BCUT2D eigenvalue weighted by atomic mass is 10.1. The molecule has 1 saturated heterocycles. The molecule has 0 amide bonds. The van der Waals surface area contributed by atoms with Crippen molar-refractivity contribution >= 4 is 0 Å². The monoisotopic (exact) mass is 221 g/mol. The fourth-order valence-electron chi connectivity index (χ4n) is 2.30. The summed E-state index contributed by atoms with van der Waals surface area (Å²) < 4.78 is 5.05.